The molecule has 7 heteroatoms. The van der Waals surface area contributed by atoms with Crippen molar-refractivity contribution in [2.75, 3.05) is 17.2 Å². The average molecular weight is 481 g/mol. The van der Waals surface area contributed by atoms with E-state index >= 15 is 0 Å². The van der Waals surface area contributed by atoms with Crippen LogP contribution < -0.4 is 14.4 Å². The molecule has 0 saturated heterocycles. The molecule has 0 bridgehead atoms. The van der Waals surface area contributed by atoms with E-state index in [4.69, 9.17) is 4.74 Å². The predicted molar refractivity (Wildman–Crippen MR) is 137 cm³/mol. The summed E-state index contributed by atoms with van der Waals surface area (Å²) in [6.07, 6.45) is 1.96. The molecule has 1 unspecified atom stereocenters. The van der Waals surface area contributed by atoms with Crippen LogP contribution in [-0.4, -0.2) is 27.2 Å². The molecule has 180 valence electrons. The second-order valence-electron chi connectivity index (χ2n) is 8.24. The van der Waals surface area contributed by atoms with Gasteiger partial charge in [-0.2, -0.15) is 0 Å². The summed E-state index contributed by atoms with van der Waals surface area (Å²) < 4.78 is 31.7. The molecule has 34 heavy (non-hydrogen) atoms. The molecule has 0 heterocycles. The minimum absolute atomic E-state index is 0.0758. The fourth-order valence-corrected chi connectivity index (χ4v) is 4.55. The van der Waals surface area contributed by atoms with Crippen molar-refractivity contribution in [2.45, 2.75) is 39.8 Å². The van der Waals surface area contributed by atoms with Gasteiger partial charge in [0.1, 0.15) is 5.75 Å². The van der Waals surface area contributed by atoms with Crippen LogP contribution in [0.25, 0.3) is 0 Å². The van der Waals surface area contributed by atoms with Gasteiger partial charge in [0, 0.05) is 5.56 Å². The Labute approximate surface area is 202 Å². The molecule has 6 nitrogen and oxygen atoms in total. The smallest absolute Gasteiger partial charge is 0.251 e. The highest BCUT2D eigenvalue weighted by atomic mass is 32.2. The van der Waals surface area contributed by atoms with E-state index in [1.807, 2.05) is 45.0 Å². The van der Waals surface area contributed by atoms with Gasteiger partial charge in [-0.25, -0.2) is 8.42 Å². The molecule has 1 N–H and O–H groups in total. The Morgan fingerprint density at radius 1 is 0.941 bits per heavy atom. The van der Waals surface area contributed by atoms with Crippen molar-refractivity contribution in [3.8, 4) is 5.75 Å². The molecule has 0 radical (unpaired) electrons. The Balaban J connectivity index is 1.72. The number of ether oxygens (including phenoxy) is 1. The number of hydrogen-bond acceptors (Lipinski definition) is 4. The summed E-state index contributed by atoms with van der Waals surface area (Å²) in [7, 11) is -3.51. The lowest BCUT2D eigenvalue weighted by molar-refractivity contribution is 0.0935. The van der Waals surface area contributed by atoms with Crippen LogP contribution in [0.4, 0.5) is 5.69 Å². The van der Waals surface area contributed by atoms with Crippen molar-refractivity contribution in [1.82, 2.24) is 5.32 Å². The van der Waals surface area contributed by atoms with Gasteiger partial charge < -0.3 is 10.1 Å². The summed E-state index contributed by atoms with van der Waals surface area (Å²) in [5, 5.41) is 3.09. The highest BCUT2D eigenvalue weighted by Crippen LogP contribution is 2.24. The average Bonchev–Trinajstić information content (AvgIpc) is 2.82. The largest absolute Gasteiger partial charge is 0.494 e. The van der Waals surface area contributed by atoms with Crippen molar-refractivity contribution < 1.29 is 17.9 Å². The van der Waals surface area contributed by atoms with Crippen molar-refractivity contribution in [2.24, 2.45) is 0 Å². The van der Waals surface area contributed by atoms with Crippen LogP contribution in [0.2, 0.25) is 0 Å². The number of hydrogen-bond donors (Lipinski definition) is 1. The molecule has 1 amide bonds. The zero-order valence-corrected chi connectivity index (χ0v) is 20.9. The normalized spacial score (nSPS) is 12.1. The number of aryl methyl sites for hydroxylation is 1. The molecule has 0 aliphatic heterocycles. The fraction of sp³-hybridized carbons (Fsp3) is 0.296. The molecule has 3 aromatic rings. The predicted octanol–water partition coefficient (Wildman–Crippen LogP) is 5.24. The molecule has 0 spiro atoms. The lowest BCUT2D eigenvalue weighted by Crippen LogP contribution is -2.29. The Morgan fingerprint density at radius 2 is 1.56 bits per heavy atom. The first-order valence-corrected chi connectivity index (χ1v) is 13.2. The standard InChI is InChI=1S/C27H32N2O4S/c1-5-26(22-11-7-20(3)8-12-22)28-27(30)23-13-9-21(10-14-23)19-29(34(4,31)32)24-15-17-25(18-16-24)33-6-2/h7-18,26H,5-6,19H2,1-4H3,(H,28,30). The second kappa shape index (κ2) is 11.2. The van der Waals surface area contributed by atoms with Crippen LogP contribution in [0.1, 0.15) is 53.4 Å². The van der Waals surface area contributed by atoms with Crippen molar-refractivity contribution in [3.05, 3.63) is 95.1 Å². The van der Waals surface area contributed by atoms with Gasteiger partial charge in [-0.15, -0.1) is 0 Å². The van der Waals surface area contributed by atoms with Gasteiger partial charge in [-0.1, -0.05) is 48.9 Å². The monoisotopic (exact) mass is 480 g/mol. The van der Waals surface area contributed by atoms with E-state index < -0.39 is 10.0 Å². The first-order chi connectivity index (χ1) is 16.2. The van der Waals surface area contributed by atoms with Crippen molar-refractivity contribution >= 4 is 21.6 Å². The fourth-order valence-electron chi connectivity index (χ4n) is 3.66. The van der Waals surface area contributed by atoms with Crippen LogP contribution >= 0.6 is 0 Å². The molecule has 0 saturated carbocycles. The van der Waals surface area contributed by atoms with E-state index in [1.165, 1.54) is 16.1 Å². The van der Waals surface area contributed by atoms with E-state index in [-0.39, 0.29) is 18.5 Å². The Bertz CT molecular complexity index is 1190. The van der Waals surface area contributed by atoms with Gasteiger partial charge in [0.15, 0.2) is 0 Å². The summed E-state index contributed by atoms with van der Waals surface area (Å²) in [6, 6.07) is 22.1. The van der Waals surface area contributed by atoms with Gasteiger partial charge in [0.2, 0.25) is 10.0 Å². The molecule has 0 fully saturated rings. The number of anilines is 1. The van der Waals surface area contributed by atoms with Crippen LogP contribution in [0.15, 0.2) is 72.8 Å². The maximum Gasteiger partial charge on any atom is 0.251 e. The van der Waals surface area contributed by atoms with Gasteiger partial charge >= 0.3 is 0 Å². The first kappa shape index (κ1) is 25.3. The van der Waals surface area contributed by atoms with Gasteiger partial charge in [0.05, 0.1) is 31.1 Å². The molecule has 0 aliphatic rings. The topological polar surface area (TPSA) is 75.7 Å². The Kier molecular flexibility index (Phi) is 8.34. The van der Waals surface area contributed by atoms with Crippen LogP contribution in [0.5, 0.6) is 5.75 Å². The van der Waals surface area contributed by atoms with E-state index in [9.17, 15) is 13.2 Å². The summed E-state index contributed by atoms with van der Waals surface area (Å²) >= 11 is 0. The first-order valence-electron chi connectivity index (χ1n) is 11.4. The maximum atomic E-state index is 12.8. The maximum absolute atomic E-state index is 12.8. The number of carbonyl (C=O) groups is 1. The zero-order chi connectivity index (χ0) is 24.7. The summed E-state index contributed by atoms with van der Waals surface area (Å²) in [6.45, 7) is 6.67. The van der Waals surface area contributed by atoms with E-state index in [0.29, 0.717) is 23.6 Å². The molecule has 3 aromatic carbocycles. The van der Waals surface area contributed by atoms with Crippen LogP contribution in [0.3, 0.4) is 0 Å². The third-order valence-corrected chi connectivity index (χ3v) is 6.71. The Hall–Kier alpha value is -3.32. The Morgan fingerprint density at radius 3 is 2.09 bits per heavy atom. The number of rotatable bonds is 10. The van der Waals surface area contributed by atoms with E-state index in [2.05, 4.69) is 5.32 Å². The van der Waals surface area contributed by atoms with Crippen LogP contribution in [0, 0.1) is 6.92 Å². The third-order valence-electron chi connectivity index (χ3n) is 5.57. The summed E-state index contributed by atoms with van der Waals surface area (Å²) in [4.78, 5) is 12.8. The minimum atomic E-state index is -3.51. The number of nitrogens with one attached hydrogen (secondary N) is 1. The number of benzene rings is 3. The number of sulfonamides is 1. The molecular weight excluding hydrogens is 448 g/mol. The van der Waals surface area contributed by atoms with E-state index in [0.717, 1.165) is 17.5 Å². The molecule has 0 aliphatic carbocycles. The number of amides is 1. The summed E-state index contributed by atoms with van der Waals surface area (Å²) in [5.74, 6) is 0.525. The quantitative estimate of drug-likeness (QED) is 0.431. The van der Waals surface area contributed by atoms with Gasteiger partial charge in [-0.3, -0.25) is 9.10 Å². The summed E-state index contributed by atoms with van der Waals surface area (Å²) in [5.41, 5.74) is 4.10. The van der Waals surface area contributed by atoms with Gasteiger partial charge in [-0.05, 0) is 67.8 Å². The molecule has 3 rings (SSSR count). The lowest BCUT2D eigenvalue weighted by atomic mass is 10.0. The molecular formula is C27H32N2O4S. The second-order valence-corrected chi connectivity index (χ2v) is 10.1. The van der Waals surface area contributed by atoms with Crippen LogP contribution in [-0.2, 0) is 16.6 Å². The molecule has 0 aromatic heterocycles. The van der Waals surface area contributed by atoms with E-state index in [1.54, 1.807) is 48.5 Å². The highest BCUT2D eigenvalue weighted by Gasteiger charge is 2.19. The molecule has 1 atom stereocenters. The number of carbonyl (C=O) groups excluding carboxylic acids is 1. The highest BCUT2D eigenvalue weighted by molar-refractivity contribution is 7.92. The SMILES string of the molecule is CCOc1ccc(N(Cc2ccc(C(=O)NC(CC)c3ccc(C)cc3)cc2)S(C)(=O)=O)cc1. The number of nitrogens with zero attached hydrogens (tertiary/aromatic N) is 1. The minimum Gasteiger partial charge on any atom is -0.494 e. The third kappa shape index (κ3) is 6.60. The van der Waals surface area contributed by atoms with Crippen molar-refractivity contribution in [1.29, 1.82) is 0 Å². The van der Waals surface area contributed by atoms with Gasteiger partial charge in [0.25, 0.3) is 5.91 Å². The zero-order valence-electron chi connectivity index (χ0n) is 20.1. The lowest BCUT2D eigenvalue weighted by Gasteiger charge is -2.23. The van der Waals surface area contributed by atoms with Crippen molar-refractivity contribution in [3.63, 3.8) is 0 Å².